The molecule has 0 aliphatic heterocycles. The Morgan fingerprint density at radius 2 is 1.86 bits per heavy atom. The van der Waals surface area contributed by atoms with Gasteiger partial charge in [0.1, 0.15) is 0 Å². The highest BCUT2D eigenvalue weighted by molar-refractivity contribution is 6.13. The number of rotatable bonds is 3. The minimum Gasteiger partial charge on any atom is -0.336 e. The zero-order chi connectivity index (χ0) is 20.8. The van der Waals surface area contributed by atoms with Crippen molar-refractivity contribution in [3.63, 3.8) is 0 Å². The van der Waals surface area contributed by atoms with E-state index in [-0.39, 0.29) is 17.0 Å². The average molecular weight is 400 g/mol. The van der Waals surface area contributed by atoms with Gasteiger partial charge in [0, 0.05) is 18.1 Å². The van der Waals surface area contributed by atoms with E-state index in [9.17, 15) is 18.0 Å². The summed E-state index contributed by atoms with van der Waals surface area (Å²) >= 11 is 0. The van der Waals surface area contributed by atoms with Gasteiger partial charge in [0.15, 0.2) is 0 Å². The van der Waals surface area contributed by atoms with Gasteiger partial charge < -0.3 is 14.4 Å². The molecule has 29 heavy (non-hydrogen) atoms. The lowest BCUT2D eigenvalue weighted by Gasteiger charge is -2.16. The van der Waals surface area contributed by atoms with Crippen molar-refractivity contribution in [1.29, 1.82) is 0 Å². The summed E-state index contributed by atoms with van der Waals surface area (Å²) in [5.74, 6) is -0.584. The minimum atomic E-state index is -4.54. The molecule has 3 heterocycles. The summed E-state index contributed by atoms with van der Waals surface area (Å²) in [5, 5.41) is 6.85. The van der Waals surface area contributed by atoms with E-state index in [1.165, 1.54) is 6.07 Å². The molecule has 0 atom stereocenters. The van der Waals surface area contributed by atoms with Crippen LogP contribution in [-0.4, -0.2) is 20.6 Å². The Morgan fingerprint density at radius 3 is 2.55 bits per heavy atom. The summed E-state index contributed by atoms with van der Waals surface area (Å²) in [4.78, 5) is 17.2. The van der Waals surface area contributed by atoms with E-state index in [0.717, 1.165) is 12.1 Å². The van der Waals surface area contributed by atoms with Gasteiger partial charge >= 0.3 is 6.18 Å². The number of nitrogens with one attached hydrogen (secondary N) is 1. The molecule has 0 aliphatic carbocycles. The molecule has 1 aromatic carbocycles. The standard InChI is InChI=1S/C20H15F3N4O2/c1-11-9-14(17-12(2)26-29-19(17)24-11)18(28)25-15-10-13(20(21,22)23)5-6-16(15)27-7-3-4-8-27/h3-10H,1-2H3,(H,25,28). The molecule has 1 amide bonds. The highest BCUT2D eigenvalue weighted by atomic mass is 19.4. The first-order valence-electron chi connectivity index (χ1n) is 8.63. The largest absolute Gasteiger partial charge is 0.416 e. The van der Waals surface area contributed by atoms with Crippen LogP contribution >= 0.6 is 0 Å². The Morgan fingerprint density at radius 1 is 1.14 bits per heavy atom. The maximum Gasteiger partial charge on any atom is 0.416 e. The first kappa shape index (κ1) is 18.7. The molecule has 1 N–H and O–H groups in total. The maximum absolute atomic E-state index is 13.2. The Labute approximate surface area is 162 Å². The van der Waals surface area contributed by atoms with Gasteiger partial charge in [-0.2, -0.15) is 13.2 Å². The molecule has 3 aromatic heterocycles. The van der Waals surface area contributed by atoms with Gasteiger partial charge in [-0.1, -0.05) is 5.16 Å². The Kier molecular flexibility index (Phi) is 4.37. The van der Waals surface area contributed by atoms with Gasteiger partial charge in [-0.15, -0.1) is 0 Å². The predicted molar refractivity (Wildman–Crippen MR) is 100 cm³/mol. The van der Waals surface area contributed by atoms with Crippen molar-refractivity contribution in [1.82, 2.24) is 14.7 Å². The topological polar surface area (TPSA) is 73.0 Å². The van der Waals surface area contributed by atoms with E-state index in [4.69, 9.17) is 4.52 Å². The molecule has 0 spiro atoms. The molecule has 6 nitrogen and oxygen atoms in total. The number of pyridine rings is 1. The van der Waals surface area contributed by atoms with E-state index in [2.05, 4.69) is 15.5 Å². The molecule has 0 unspecified atom stereocenters. The second-order valence-electron chi connectivity index (χ2n) is 6.53. The second kappa shape index (κ2) is 6.77. The summed E-state index contributed by atoms with van der Waals surface area (Å²) in [6.45, 7) is 3.35. The lowest BCUT2D eigenvalue weighted by atomic mass is 10.1. The smallest absolute Gasteiger partial charge is 0.336 e. The second-order valence-corrected chi connectivity index (χ2v) is 6.53. The van der Waals surface area contributed by atoms with Crippen LogP contribution in [0.1, 0.15) is 27.3 Å². The van der Waals surface area contributed by atoms with Crippen molar-refractivity contribution >= 4 is 22.7 Å². The minimum absolute atomic E-state index is 0.0257. The van der Waals surface area contributed by atoms with Crippen LogP contribution in [0.2, 0.25) is 0 Å². The van der Waals surface area contributed by atoms with Gasteiger partial charge in [0.25, 0.3) is 11.6 Å². The highest BCUT2D eigenvalue weighted by Gasteiger charge is 2.31. The van der Waals surface area contributed by atoms with Gasteiger partial charge in [0.05, 0.1) is 33.6 Å². The summed E-state index contributed by atoms with van der Waals surface area (Å²) < 4.78 is 46.4. The number of anilines is 1. The summed E-state index contributed by atoms with van der Waals surface area (Å²) in [6, 6.07) is 8.23. The molecule has 148 valence electrons. The number of aryl methyl sites for hydroxylation is 2. The normalized spacial score (nSPS) is 11.8. The van der Waals surface area contributed by atoms with Crippen LogP contribution in [0.3, 0.4) is 0 Å². The van der Waals surface area contributed by atoms with Crippen LogP contribution in [-0.2, 0) is 6.18 Å². The fraction of sp³-hybridized carbons (Fsp3) is 0.150. The zero-order valence-electron chi connectivity index (χ0n) is 15.4. The van der Waals surface area contributed by atoms with Crippen molar-refractivity contribution in [2.45, 2.75) is 20.0 Å². The number of benzene rings is 1. The number of amides is 1. The number of aromatic nitrogens is 3. The fourth-order valence-corrected chi connectivity index (χ4v) is 3.12. The molecule has 4 aromatic rings. The zero-order valence-corrected chi connectivity index (χ0v) is 15.4. The third-order valence-electron chi connectivity index (χ3n) is 4.44. The lowest BCUT2D eigenvalue weighted by molar-refractivity contribution is -0.137. The van der Waals surface area contributed by atoms with Gasteiger partial charge in [0.2, 0.25) is 0 Å². The third kappa shape index (κ3) is 3.46. The quantitative estimate of drug-likeness (QED) is 0.531. The van der Waals surface area contributed by atoms with Crippen LogP contribution in [0.4, 0.5) is 18.9 Å². The Hall–Kier alpha value is -3.62. The third-order valence-corrected chi connectivity index (χ3v) is 4.44. The molecule has 9 heteroatoms. The molecule has 0 bridgehead atoms. The predicted octanol–water partition coefficient (Wildman–Crippen LogP) is 4.90. The van der Waals surface area contributed by atoms with Gasteiger partial charge in [-0.3, -0.25) is 4.79 Å². The van der Waals surface area contributed by atoms with Crippen molar-refractivity contribution < 1.29 is 22.5 Å². The number of carbonyl (C=O) groups is 1. The van der Waals surface area contributed by atoms with E-state index >= 15 is 0 Å². The van der Waals surface area contributed by atoms with Crippen molar-refractivity contribution in [2.75, 3.05) is 5.32 Å². The molecule has 0 saturated heterocycles. The van der Waals surface area contributed by atoms with Crippen LogP contribution in [0.5, 0.6) is 0 Å². The molecule has 0 fully saturated rings. The van der Waals surface area contributed by atoms with Crippen molar-refractivity contribution in [2.24, 2.45) is 0 Å². The van der Waals surface area contributed by atoms with E-state index in [1.807, 2.05) is 0 Å². The Balaban J connectivity index is 1.81. The van der Waals surface area contributed by atoms with Crippen LogP contribution in [0.25, 0.3) is 16.8 Å². The summed E-state index contributed by atoms with van der Waals surface area (Å²) in [7, 11) is 0. The SMILES string of the molecule is Cc1cc(C(=O)Nc2cc(C(F)(F)F)ccc2-n2cccc2)c2c(C)noc2n1. The number of carbonyl (C=O) groups excluding carboxylic acids is 1. The van der Waals surface area contributed by atoms with Gasteiger partial charge in [-0.25, -0.2) is 4.98 Å². The van der Waals surface area contributed by atoms with Crippen molar-refractivity contribution in [3.8, 4) is 5.69 Å². The lowest BCUT2D eigenvalue weighted by Crippen LogP contribution is -2.16. The van der Waals surface area contributed by atoms with E-state index in [1.54, 1.807) is 49.0 Å². The molecule has 4 rings (SSSR count). The van der Waals surface area contributed by atoms with Crippen molar-refractivity contribution in [3.05, 3.63) is 71.3 Å². The number of hydrogen-bond acceptors (Lipinski definition) is 4. The average Bonchev–Trinajstić information content (AvgIpc) is 3.30. The number of alkyl halides is 3. The highest BCUT2D eigenvalue weighted by Crippen LogP contribution is 2.34. The monoisotopic (exact) mass is 400 g/mol. The number of fused-ring (bicyclic) bond motifs is 1. The fourth-order valence-electron chi connectivity index (χ4n) is 3.12. The Bertz CT molecular complexity index is 1210. The van der Waals surface area contributed by atoms with Gasteiger partial charge in [-0.05, 0) is 50.2 Å². The molecule has 0 radical (unpaired) electrons. The summed E-state index contributed by atoms with van der Waals surface area (Å²) in [5.41, 5.74) is 0.976. The van der Waals surface area contributed by atoms with E-state index in [0.29, 0.717) is 22.5 Å². The first-order valence-corrected chi connectivity index (χ1v) is 8.63. The summed E-state index contributed by atoms with van der Waals surface area (Å²) in [6.07, 6.45) is -1.19. The molecular weight excluding hydrogens is 385 g/mol. The molecule has 0 saturated carbocycles. The molecule has 0 aliphatic rings. The molecular formula is C20H15F3N4O2. The van der Waals surface area contributed by atoms with E-state index < -0.39 is 17.6 Å². The number of halogens is 3. The van der Waals surface area contributed by atoms with Crippen LogP contribution in [0, 0.1) is 13.8 Å². The maximum atomic E-state index is 13.2. The number of hydrogen-bond donors (Lipinski definition) is 1. The number of nitrogens with zero attached hydrogens (tertiary/aromatic N) is 3. The first-order chi connectivity index (χ1) is 13.7. The van der Waals surface area contributed by atoms with Crippen LogP contribution in [0.15, 0.2) is 53.3 Å². The van der Waals surface area contributed by atoms with Crippen LogP contribution < -0.4 is 5.32 Å².